The first-order chi connectivity index (χ1) is 12.9. The van der Waals surface area contributed by atoms with Crippen LogP contribution in [0.25, 0.3) is 0 Å². The van der Waals surface area contributed by atoms with Gasteiger partial charge in [-0.2, -0.15) is 25.3 Å². The number of aliphatic hydroxyl groups is 1. The van der Waals surface area contributed by atoms with Gasteiger partial charge in [-0.3, -0.25) is 19.2 Å². The number of nitrogens with two attached hydrogens (primary N) is 1. The van der Waals surface area contributed by atoms with Crippen LogP contribution in [0.5, 0.6) is 0 Å². The molecule has 14 heteroatoms. The molecule has 0 radical (unpaired) electrons. The molecule has 0 bridgehead atoms. The number of carboxylic acids is 2. The summed E-state index contributed by atoms with van der Waals surface area (Å²) >= 11 is 7.68. The first-order valence-corrected chi connectivity index (χ1v) is 9.22. The van der Waals surface area contributed by atoms with Crippen LogP contribution >= 0.6 is 25.3 Å². The maximum atomic E-state index is 12.3. The van der Waals surface area contributed by atoms with Crippen molar-refractivity contribution in [2.45, 2.75) is 43.6 Å². The number of aliphatic carboxylic acids is 2. The van der Waals surface area contributed by atoms with E-state index in [4.69, 9.17) is 15.9 Å². The van der Waals surface area contributed by atoms with Crippen LogP contribution in [0.4, 0.5) is 0 Å². The minimum atomic E-state index is -1.61. The molecule has 5 atom stereocenters. The van der Waals surface area contributed by atoms with Crippen molar-refractivity contribution in [3.8, 4) is 0 Å². The third kappa shape index (κ3) is 8.77. The molecule has 0 heterocycles. The van der Waals surface area contributed by atoms with E-state index in [9.17, 15) is 29.1 Å². The molecule has 0 rings (SSSR count). The second-order valence-electron chi connectivity index (χ2n) is 5.75. The predicted molar refractivity (Wildman–Crippen MR) is 103 cm³/mol. The highest BCUT2D eigenvalue weighted by atomic mass is 32.1. The lowest BCUT2D eigenvalue weighted by Gasteiger charge is -2.24. The van der Waals surface area contributed by atoms with Gasteiger partial charge in [-0.25, -0.2) is 4.79 Å². The van der Waals surface area contributed by atoms with E-state index in [0.717, 1.165) is 0 Å². The molecule has 0 saturated carbocycles. The van der Waals surface area contributed by atoms with Crippen LogP contribution in [0.2, 0.25) is 0 Å². The van der Waals surface area contributed by atoms with Crippen LogP contribution in [-0.4, -0.2) is 86.8 Å². The molecule has 0 aromatic carbocycles. The van der Waals surface area contributed by atoms with E-state index in [-0.39, 0.29) is 11.5 Å². The second-order valence-corrected chi connectivity index (χ2v) is 6.48. The molecule has 0 saturated heterocycles. The fourth-order valence-electron chi connectivity index (χ4n) is 1.80. The van der Waals surface area contributed by atoms with Gasteiger partial charge in [0.25, 0.3) is 0 Å². The number of carbonyl (C=O) groups is 5. The SMILES string of the molecule is CC(O)C(N)C(=O)NC(CS)C(=O)NC(CC(=O)O)C(=O)NC(CS)C(=O)O. The summed E-state index contributed by atoms with van der Waals surface area (Å²) in [4.78, 5) is 58.3. The minimum Gasteiger partial charge on any atom is -0.481 e. The first kappa shape index (κ1) is 26.0. The third-order valence-electron chi connectivity index (χ3n) is 3.45. The summed E-state index contributed by atoms with van der Waals surface area (Å²) in [7, 11) is 0. The summed E-state index contributed by atoms with van der Waals surface area (Å²) in [6.07, 6.45) is -2.03. The van der Waals surface area contributed by atoms with Gasteiger partial charge in [0, 0.05) is 11.5 Å². The molecule has 3 amide bonds. The fourth-order valence-corrected chi connectivity index (χ4v) is 2.30. The van der Waals surface area contributed by atoms with Gasteiger partial charge in [0.05, 0.1) is 12.5 Å². The Balaban J connectivity index is 5.21. The minimum absolute atomic E-state index is 0.222. The Kier molecular flexibility index (Phi) is 11.5. The largest absolute Gasteiger partial charge is 0.481 e. The molecular weight excluding hydrogens is 416 g/mol. The van der Waals surface area contributed by atoms with Gasteiger partial charge >= 0.3 is 11.9 Å². The monoisotopic (exact) mass is 440 g/mol. The van der Waals surface area contributed by atoms with Crippen molar-refractivity contribution in [3.63, 3.8) is 0 Å². The standard InChI is InChI=1S/C14H24N4O8S2/c1-5(19)10(15)13(24)17-7(3-27)12(23)16-6(2-9(20)21)11(22)18-8(4-28)14(25)26/h5-8,10,19,27-28H,2-4,15H2,1H3,(H,16,23)(H,17,24)(H,18,22)(H,20,21)(H,25,26). The van der Waals surface area contributed by atoms with Crippen molar-refractivity contribution in [1.29, 1.82) is 0 Å². The van der Waals surface area contributed by atoms with Gasteiger partial charge in [-0.15, -0.1) is 0 Å². The lowest BCUT2D eigenvalue weighted by molar-refractivity contribution is -0.143. The van der Waals surface area contributed by atoms with Crippen LogP contribution in [0.3, 0.4) is 0 Å². The van der Waals surface area contributed by atoms with Crippen molar-refractivity contribution in [1.82, 2.24) is 16.0 Å². The summed E-state index contributed by atoms with van der Waals surface area (Å²) < 4.78 is 0. The van der Waals surface area contributed by atoms with Crippen molar-refractivity contribution in [2.75, 3.05) is 11.5 Å². The molecule has 0 aromatic heterocycles. The van der Waals surface area contributed by atoms with E-state index >= 15 is 0 Å². The molecule has 0 spiro atoms. The zero-order valence-corrected chi connectivity index (χ0v) is 16.7. The van der Waals surface area contributed by atoms with Gasteiger partial charge in [0.15, 0.2) is 0 Å². The maximum Gasteiger partial charge on any atom is 0.327 e. The average Bonchev–Trinajstić information content (AvgIpc) is 2.61. The van der Waals surface area contributed by atoms with Gasteiger partial charge < -0.3 is 37.0 Å². The zero-order valence-electron chi connectivity index (χ0n) is 14.9. The van der Waals surface area contributed by atoms with E-state index in [1.54, 1.807) is 0 Å². The number of carbonyl (C=O) groups excluding carboxylic acids is 3. The van der Waals surface area contributed by atoms with Crippen LogP contribution < -0.4 is 21.7 Å². The lowest BCUT2D eigenvalue weighted by Crippen LogP contribution is -2.59. The quantitative estimate of drug-likeness (QED) is 0.138. The highest BCUT2D eigenvalue weighted by Gasteiger charge is 2.31. The molecule has 5 unspecified atom stereocenters. The number of amides is 3. The van der Waals surface area contributed by atoms with Gasteiger partial charge in [-0.05, 0) is 6.92 Å². The van der Waals surface area contributed by atoms with Crippen molar-refractivity contribution in [2.24, 2.45) is 5.73 Å². The molecule has 160 valence electrons. The van der Waals surface area contributed by atoms with E-state index in [0.29, 0.717) is 0 Å². The summed E-state index contributed by atoms with van der Waals surface area (Å²) in [6.45, 7) is 1.27. The molecule has 0 aromatic rings. The van der Waals surface area contributed by atoms with E-state index in [1.807, 2.05) is 0 Å². The van der Waals surface area contributed by atoms with E-state index < -0.39 is 66.4 Å². The molecule has 12 nitrogen and oxygen atoms in total. The van der Waals surface area contributed by atoms with Crippen molar-refractivity contribution < 1.29 is 39.3 Å². The fraction of sp³-hybridized carbons (Fsp3) is 0.643. The Morgan fingerprint density at radius 3 is 1.68 bits per heavy atom. The Labute approximate surface area is 171 Å². The van der Waals surface area contributed by atoms with Gasteiger partial charge in [0.2, 0.25) is 17.7 Å². The predicted octanol–water partition coefficient (Wildman–Crippen LogP) is -3.43. The molecule has 0 fully saturated rings. The van der Waals surface area contributed by atoms with Gasteiger partial charge in [0.1, 0.15) is 24.2 Å². The number of carboxylic acid groups (broad SMARTS) is 2. The number of hydrogen-bond acceptors (Lipinski definition) is 9. The van der Waals surface area contributed by atoms with Crippen LogP contribution in [0.15, 0.2) is 0 Å². The van der Waals surface area contributed by atoms with Crippen LogP contribution in [0.1, 0.15) is 13.3 Å². The summed E-state index contributed by atoms with van der Waals surface area (Å²) in [5.41, 5.74) is 5.45. The Hall–Kier alpha value is -2.03. The van der Waals surface area contributed by atoms with E-state index in [1.165, 1.54) is 6.92 Å². The highest BCUT2D eigenvalue weighted by molar-refractivity contribution is 7.80. The Morgan fingerprint density at radius 2 is 1.29 bits per heavy atom. The number of rotatable bonds is 12. The molecular formula is C14H24N4O8S2. The smallest absolute Gasteiger partial charge is 0.327 e. The van der Waals surface area contributed by atoms with Crippen molar-refractivity contribution in [3.05, 3.63) is 0 Å². The second kappa shape index (κ2) is 12.4. The molecule has 0 aliphatic carbocycles. The van der Waals surface area contributed by atoms with Crippen LogP contribution in [0, 0.1) is 0 Å². The number of hydrogen-bond donors (Lipinski definition) is 9. The van der Waals surface area contributed by atoms with E-state index in [2.05, 4.69) is 41.2 Å². The van der Waals surface area contributed by atoms with Crippen LogP contribution in [-0.2, 0) is 24.0 Å². The first-order valence-electron chi connectivity index (χ1n) is 7.95. The summed E-state index contributed by atoms with van der Waals surface area (Å²) in [5.74, 6) is -6.16. The average molecular weight is 441 g/mol. The van der Waals surface area contributed by atoms with Crippen molar-refractivity contribution >= 4 is 54.9 Å². The Morgan fingerprint density at radius 1 is 0.857 bits per heavy atom. The number of thiol groups is 2. The number of nitrogens with one attached hydrogen (secondary N) is 3. The maximum absolute atomic E-state index is 12.3. The molecule has 0 aliphatic rings. The molecule has 8 N–H and O–H groups in total. The molecule has 0 aliphatic heterocycles. The summed E-state index contributed by atoms with van der Waals surface area (Å²) in [5, 5.41) is 33.6. The topological polar surface area (TPSA) is 208 Å². The number of aliphatic hydroxyl groups excluding tert-OH is 1. The van der Waals surface area contributed by atoms with Gasteiger partial charge in [-0.1, -0.05) is 0 Å². The normalized spacial score (nSPS) is 16.0. The Bertz CT molecular complexity index is 604. The summed E-state index contributed by atoms with van der Waals surface area (Å²) in [6, 6.07) is -5.62. The molecule has 28 heavy (non-hydrogen) atoms. The third-order valence-corrected chi connectivity index (χ3v) is 4.18. The zero-order chi connectivity index (χ0) is 22.0. The lowest BCUT2D eigenvalue weighted by atomic mass is 10.1. The highest BCUT2D eigenvalue weighted by Crippen LogP contribution is 2.00.